The van der Waals surface area contributed by atoms with E-state index in [1.807, 2.05) is 0 Å². The molecular formula is C10H9BrN2O3. The van der Waals surface area contributed by atoms with Crippen LogP contribution < -0.4 is 11.5 Å². The minimum atomic E-state index is -1.39. The van der Waals surface area contributed by atoms with Gasteiger partial charge in [-0.25, -0.2) is 0 Å². The van der Waals surface area contributed by atoms with Crippen LogP contribution in [0, 0.1) is 0 Å². The number of benzene rings is 1. The Morgan fingerprint density at radius 1 is 1.38 bits per heavy atom. The number of hydrogen-bond donors (Lipinski definition) is 2. The van der Waals surface area contributed by atoms with Gasteiger partial charge in [0.2, 0.25) is 5.60 Å². The highest BCUT2D eigenvalue weighted by Gasteiger charge is 2.66. The maximum atomic E-state index is 11.4. The Morgan fingerprint density at radius 3 is 2.50 bits per heavy atom. The molecule has 1 aromatic carbocycles. The molecule has 0 aliphatic carbocycles. The molecule has 0 saturated carbocycles. The fourth-order valence-corrected chi connectivity index (χ4v) is 2.08. The number of ether oxygens (including phenoxy) is 1. The zero-order valence-electron chi connectivity index (χ0n) is 8.14. The minimum Gasteiger partial charge on any atom is -0.367 e. The first-order valence-corrected chi connectivity index (χ1v) is 5.31. The second-order valence-corrected chi connectivity index (χ2v) is 4.43. The monoisotopic (exact) mass is 284 g/mol. The van der Waals surface area contributed by atoms with Crippen LogP contribution in [-0.4, -0.2) is 17.9 Å². The van der Waals surface area contributed by atoms with Crippen LogP contribution in [0.2, 0.25) is 0 Å². The highest BCUT2D eigenvalue weighted by atomic mass is 79.9. The van der Waals surface area contributed by atoms with E-state index in [1.54, 1.807) is 24.3 Å². The van der Waals surface area contributed by atoms with Gasteiger partial charge >= 0.3 is 0 Å². The lowest BCUT2D eigenvalue weighted by Gasteiger charge is -2.08. The third-order valence-electron chi connectivity index (χ3n) is 2.49. The average molecular weight is 285 g/mol. The SMILES string of the molecule is NC(=O)C1OC1(C(N)=O)c1cccc(Br)c1. The van der Waals surface area contributed by atoms with E-state index in [9.17, 15) is 9.59 Å². The van der Waals surface area contributed by atoms with Gasteiger partial charge in [0.1, 0.15) is 0 Å². The first kappa shape index (κ1) is 11.1. The van der Waals surface area contributed by atoms with Crippen LogP contribution in [0.5, 0.6) is 0 Å². The Labute approximate surface area is 99.9 Å². The Balaban J connectivity index is 2.44. The Hall–Kier alpha value is -1.40. The van der Waals surface area contributed by atoms with Gasteiger partial charge in [0.15, 0.2) is 6.10 Å². The van der Waals surface area contributed by atoms with Crippen molar-refractivity contribution in [1.29, 1.82) is 0 Å². The number of amides is 2. The Kier molecular flexibility index (Phi) is 2.47. The number of carbonyl (C=O) groups is 2. The zero-order valence-corrected chi connectivity index (χ0v) is 9.73. The van der Waals surface area contributed by atoms with E-state index >= 15 is 0 Å². The molecule has 2 unspecified atom stereocenters. The fourth-order valence-electron chi connectivity index (χ4n) is 1.68. The van der Waals surface area contributed by atoms with Gasteiger partial charge in [0.25, 0.3) is 11.8 Å². The lowest BCUT2D eigenvalue weighted by molar-refractivity contribution is -0.124. The maximum Gasteiger partial charge on any atom is 0.257 e. The van der Waals surface area contributed by atoms with E-state index in [0.717, 1.165) is 4.47 Å². The first-order chi connectivity index (χ1) is 7.48. The first-order valence-electron chi connectivity index (χ1n) is 4.51. The average Bonchev–Trinajstić information content (AvgIpc) is 2.93. The highest BCUT2D eigenvalue weighted by Crippen LogP contribution is 2.46. The predicted octanol–water partition coefficient (Wildman–Crippen LogP) is 0.0138. The summed E-state index contributed by atoms with van der Waals surface area (Å²) in [4.78, 5) is 22.4. The lowest BCUT2D eigenvalue weighted by Crippen LogP contribution is -2.36. The van der Waals surface area contributed by atoms with Crippen LogP contribution >= 0.6 is 15.9 Å². The van der Waals surface area contributed by atoms with Crippen molar-refractivity contribution in [2.24, 2.45) is 11.5 Å². The van der Waals surface area contributed by atoms with E-state index in [4.69, 9.17) is 16.2 Å². The molecule has 5 nitrogen and oxygen atoms in total. The Morgan fingerprint density at radius 2 is 2.06 bits per heavy atom. The molecule has 0 bridgehead atoms. The third-order valence-corrected chi connectivity index (χ3v) is 2.99. The molecule has 1 saturated heterocycles. The number of nitrogens with two attached hydrogens (primary N) is 2. The third kappa shape index (κ3) is 1.50. The summed E-state index contributed by atoms with van der Waals surface area (Å²) in [5.74, 6) is -1.41. The smallest absolute Gasteiger partial charge is 0.257 e. The molecule has 0 aromatic heterocycles. The van der Waals surface area contributed by atoms with Crippen LogP contribution in [-0.2, 0) is 19.9 Å². The van der Waals surface area contributed by atoms with Gasteiger partial charge in [0, 0.05) is 4.47 Å². The number of carbonyl (C=O) groups excluding carboxylic acids is 2. The van der Waals surface area contributed by atoms with Crippen LogP contribution in [0.3, 0.4) is 0 Å². The van der Waals surface area contributed by atoms with Crippen molar-refractivity contribution in [3.05, 3.63) is 34.3 Å². The molecule has 84 valence electrons. The van der Waals surface area contributed by atoms with E-state index in [2.05, 4.69) is 15.9 Å². The number of hydrogen-bond acceptors (Lipinski definition) is 3. The summed E-state index contributed by atoms with van der Waals surface area (Å²) in [6.07, 6.45) is -0.973. The molecule has 1 aliphatic rings. The van der Waals surface area contributed by atoms with Crippen LogP contribution in [0.1, 0.15) is 5.56 Å². The molecule has 1 aromatic rings. The minimum absolute atomic E-state index is 0.526. The van der Waals surface area contributed by atoms with Gasteiger partial charge in [-0.3, -0.25) is 9.59 Å². The summed E-state index contributed by atoms with van der Waals surface area (Å²) in [5.41, 5.74) is 9.49. The van der Waals surface area contributed by atoms with Gasteiger partial charge in [0.05, 0.1) is 0 Å². The molecule has 2 rings (SSSR count). The van der Waals surface area contributed by atoms with E-state index in [1.165, 1.54) is 0 Å². The number of halogens is 1. The van der Waals surface area contributed by atoms with E-state index in [0.29, 0.717) is 5.56 Å². The maximum absolute atomic E-state index is 11.4. The molecule has 0 spiro atoms. The molecular weight excluding hydrogens is 276 g/mol. The second kappa shape index (κ2) is 3.57. The van der Waals surface area contributed by atoms with Crippen molar-refractivity contribution in [3.8, 4) is 0 Å². The molecule has 6 heteroatoms. The van der Waals surface area contributed by atoms with Gasteiger partial charge in [-0.1, -0.05) is 28.1 Å². The number of epoxide rings is 1. The summed E-state index contributed by atoms with van der Waals surface area (Å²) >= 11 is 3.26. The summed E-state index contributed by atoms with van der Waals surface area (Å²) in [5, 5.41) is 0. The molecule has 2 atom stereocenters. The second-order valence-electron chi connectivity index (χ2n) is 3.51. The van der Waals surface area contributed by atoms with Crippen molar-refractivity contribution < 1.29 is 14.3 Å². The largest absolute Gasteiger partial charge is 0.367 e. The predicted molar refractivity (Wildman–Crippen MR) is 59.1 cm³/mol. The van der Waals surface area contributed by atoms with Gasteiger partial charge in [-0.05, 0) is 17.7 Å². The van der Waals surface area contributed by atoms with Crippen molar-refractivity contribution in [2.75, 3.05) is 0 Å². The standard InChI is InChI=1S/C10H9BrN2O3/c11-6-3-1-2-5(4-6)10(9(13)15)7(16-10)8(12)14/h1-4,7H,(H2,12,14)(H2,13,15). The van der Waals surface area contributed by atoms with Gasteiger partial charge in [-0.15, -0.1) is 0 Å². The summed E-state index contributed by atoms with van der Waals surface area (Å²) in [6.45, 7) is 0. The molecule has 1 heterocycles. The zero-order chi connectivity index (χ0) is 11.9. The van der Waals surface area contributed by atoms with Gasteiger partial charge < -0.3 is 16.2 Å². The van der Waals surface area contributed by atoms with E-state index < -0.39 is 23.5 Å². The quantitative estimate of drug-likeness (QED) is 0.765. The van der Waals surface area contributed by atoms with Crippen molar-refractivity contribution in [2.45, 2.75) is 11.7 Å². The molecule has 4 N–H and O–H groups in total. The highest BCUT2D eigenvalue weighted by molar-refractivity contribution is 9.10. The van der Waals surface area contributed by atoms with Crippen molar-refractivity contribution >= 4 is 27.7 Å². The lowest BCUT2D eigenvalue weighted by atomic mass is 9.94. The summed E-state index contributed by atoms with van der Waals surface area (Å²) < 4.78 is 5.87. The molecule has 1 fully saturated rings. The molecule has 2 amide bonds. The molecule has 0 radical (unpaired) electrons. The summed E-state index contributed by atoms with van der Waals surface area (Å²) in [7, 11) is 0. The topological polar surface area (TPSA) is 98.7 Å². The number of rotatable bonds is 3. The molecule has 16 heavy (non-hydrogen) atoms. The normalized spacial score (nSPS) is 27.4. The van der Waals surface area contributed by atoms with Crippen LogP contribution in [0.4, 0.5) is 0 Å². The van der Waals surface area contributed by atoms with Crippen molar-refractivity contribution in [3.63, 3.8) is 0 Å². The fraction of sp³-hybridized carbons (Fsp3) is 0.200. The number of primary amides is 2. The van der Waals surface area contributed by atoms with Crippen molar-refractivity contribution in [1.82, 2.24) is 0 Å². The van der Waals surface area contributed by atoms with Crippen LogP contribution in [0.15, 0.2) is 28.7 Å². The van der Waals surface area contributed by atoms with E-state index in [-0.39, 0.29) is 0 Å². The van der Waals surface area contributed by atoms with Gasteiger partial charge in [-0.2, -0.15) is 0 Å². The van der Waals surface area contributed by atoms with Crippen LogP contribution in [0.25, 0.3) is 0 Å². The Bertz CT molecular complexity index is 477. The molecule has 1 aliphatic heterocycles. The summed E-state index contributed by atoms with van der Waals surface area (Å²) in [6, 6.07) is 6.86.